The Hall–Kier alpha value is -3.67. The molecule has 1 unspecified atom stereocenters. The Bertz CT molecular complexity index is 952. The van der Waals surface area contributed by atoms with Crippen molar-refractivity contribution in [3.05, 3.63) is 64.7 Å². The van der Waals surface area contributed by atoms with E-state index in [-0.39, 0.29) is 6.10 Å². The van der Waals surface area contributed by atoms with Crippen LogP contribution < -0.4 is 10.5 Å². The van der Waals surface area contributed by atoms with Gasteiger partial charge in [0.05, 0.1) is 0 Å². The number of nitrogens with two attached hydrogens (primary N) is 1. The smallest absolute Gasteiger partial charge is 0.414 e. The lowest BCUT2D eigenvalue weighted by molar-refractivity contribution is -0.159. The summed E-state index contributed by atoms with van der Waals surface area (Å²) in [6.45, 7) is 3.42. The second-order valence-corrected chi connectivity index (χ2v) is 7.26. The van der Waals surface area contributed by atoms with Crippen LogP contribution in [0.25, 0.3) is 0 Å². The number of carbonyl (C=O) groups is 4. The molecule has 0 aromatic heterocycles. The van der Waals surface area contributed by atoms with Crippen molar-refractivity contribution >= 4 is 35.5 Å². The third-order valence-corrected chi connectivity index (χ3v) is 4.64. The number of rotatable bonds is 4. The standard InChI is InChI=1S/C18H21ClN2O.2C2H2O4/c19-15-5-3-6-16(12-15)22-18-13-21(11-9-20)10-8-14-4-1-2-7-17(14)18;2*3-1(4)2(5)6/h1-7,12,18H,8-11,13,20H2;2*(H,3,4)(H,5,6). The molecule has 1 aliphatic heterocycles. The maximum atomic E-state index is 9.10. The van der Waals surface area contributed by atoms with E-state index in [4.69, 9.17) is 61.7 Å². The molecule has 1 heterocycles. The molecule has 0 fully saturated rings. The van der Waals surface area contributed by atoms with E-state index in [2.05, 4.69) is 29.2 Å². The first-order chi connectivity index (χ1) is 16.0. The van der Waals surface area contributed by atoms with Crippen molar-refractivity contribution in [3.63, 3.8) is 0 Å². The highest BCUT2D eigenvalue weighted by atomic mass is 35.5. The summed E-state index contributed by atoms with van der Waals surface area (Å²) in [6, 6.07) is 16.1. The molecule has 184 valence electrons. The first kappa shape index (κ1) is 28.4. The van der Waals surface area contributed by atoms with E-state index in [9.17, 15) is 0 Å². The quantitative estimate of drug-likeness (QED) is 0.386. The molecule has 3 rings (SSSR count). The van der Waals surface area contributed by atoms with Gasteiger partial charge in [0.2, 0.25) is 0 Å². The topological polar surface area (TPSA) is 188 Å². The molecule has 0 saturated carbocycles. The zero-order valence-electron chi connectivity index (χ0n) is 18.0. The van der Waals surface area contributed by atoms with Gasteiger partial charge in [0.1, 0.15) is 11.9 Å². The molecular weight excluding hydrogens is 472 g/mol. The van der Waals surface area contributed by atoms with Crippen molar-refractivity contribution in [1.29, 1.82) is 0 Å². The maximum Gasteiger partial charge on any atom is 0.414 e. The van der Waals surface area contributed by atoms with Crippen molar-refractivity contribution in [2.45, 2.75) is 12.5 Å². The Morgan fingerprint density at radius 2 is 1.53 bits per heavy atom. The lowest BCUT2D eigenvalue weighted by atomic mass is 10.0. The number of nitrogens with zero attached hydrogens (tertiary/aromatic N) is 1. The largest absolute Gasteiger partial charge is 0.484 e. The molecule has 1 atom stereocenters. The van der Waals surface area contributed by atoms with E-state index in [1.807, 2.05) is 24.3 Å². The van der Waals surface area contributed by atoms with Gasteiger partial charge in [0.15, 0.2) is 0 Å². The van der Waals surface area contributed by atoms with Crippen molar-refractivity contribution in [1.82, 2.24) is 4.90 Å². The van der Waals surface area contributed by atoms with Crippen LogP contribution in [0.4, 0.5) is 0 Å². The lowest BCUT2D eigenvalue weighted by Crippen LogP contribution is -2.34. The van der Waals surface area contributed by atoms with Crippen LogP contribution in [0.5, 0.6) is 5.75 Å². The van der Waals surface area contributed by atoms with E-state index < -0.39 is 23.9 Å². The molecule has 34 heavy (non-hydrogen) atoms. The fourth-order valence-electron chi connectivity index (χ4n) is 2.97. The molecule has 0 saturated heterocycles. The van der Waals surface area contributed by atoms with E-state index >= 15 is 0 Å². The molecule has 0 aliphatic carbocycles. The molecule has 0 spiro atoms. The molecule has 0 amide bonds. The summed E-state index contributed by atoms with van der Waals surface area (Å²) in [5, 5.41) is 30.3. The summed E-state index contributed by atoms with van der Waals surface area (Å²) >= 11 is 6.07. The number of benzene rings is 2. The number of carboxylic acid groups (broad SMARTS) is 4. The molecule has 1 aliphatic rings. The molecular formula is C22H25ClN2O9. The van der Waals surface area contributed by atoms with Gasteiger partial charge in [0, 0.05) is 31.2 Å². The van der Waals surface area contributed by atoms with Crippen LogP contribution in [0.1, 0.15) is 17.2 Å². The number of hydrogen-bond acceptors (Lipinski definition) is 7. The van der Waals surface area contributed by atoms with Gasteiger partial charge in [-0.15, -0.1) is 0 Å². The molecule has 2 aromatic rings. The van der Waals surface area contributed by atoms with Gasteiger partial charge in [0.25, 0.3) is 0 Å². The average molecular weight is 497 g/mol. The van der Waals surface area contributed by atoms with Crippen molar-refractivity contribution in [2.75, 3.05) is 26.2 Å². The number of hydrogen-bond donors (Lipinski definition) is 5. The predicted octanol–water partition coefficient (Wildman–Crippen LogP) is 1.59. The second kappa shape index (κ2) is 14.5. The van der Waals surface area contributed by atoms with Gasteiger partial charge in [-0.3, -0.25) is 4.90 Å². The number of ether oxygens (including phenoxy) is 1. The van der Waals surface area contributed by atoms with Crippen molar-refractivity contribution in [3.8, 4) is 5.75 Å². The van der Waals surface area contributed by atoms with Crippen LogP contribution in [0.15, 0.2) is 48.5 Å². The summed E-state index contributed by atoms with van der Waals surface area (Å²) in [6.07, 6.45) is 1.04. The van der Waals surface area contributed by atoms with Gasteiger partial charge in [-0.25, -0.2) is 19.2 Å². The summed E-state index contributed by atoms with van der Waals surface area (Å²) in [5.74, 6) is -6.49. The number of carboxylic acids is 4. The number of fused-ring (bicyclic) bond motifs is 1. The Kier molecular flexibility index (Phi) is 12.1. The highest BCUT2D eigenvalue weighted by molar-refractivity contribution is 6.30. The third-order valence-electron chi connectivity index (χ3n) is 4.41. The van der Waals surface area contributed by atoms with Gasteiger partial charge < -0.3 is 30.9 Å². The predicted molar refractivity (Wildman–Crippen MR) is 121 cm³/mol. The minimum absolute atomic E-state index is 0.00344. The van der Waals surface area contributed by atoms with Crippen LogP contribution in [0, 0.1) is 0 Å². The minimum atomic E-state index is -1.82. The monoisotopic (exact) mass is 496 g/mol. The van der Waals surface area contributed by atoms with Gasteiger partial charge in [-0.05, 0) is 35.7 Å². The van der Waals surface area contributed by atoms with E-state index in [1.165, 1.54) is 11.1 Å². The Morgan fingerprint density at radius 1 is 0.941 bits per heavy atom. The zero-order valence-corrected chi connectivity index (χ0v) is 18.7. The highest BCUT2D eigenvalue weighted by Crippen LogP contribution is 2.29. The van der Waals surface area contributed by atoms with Crippen LogP contribution >= 0.6 is 11.6 Å². The molecule has 0 radical (unpaired) electrons. The summed E-state index contributed by atoms with van der Waals surface area (Å²) < 4.78 is 6.25. The number of aliphatic carboxylic acids is 4. The van der Waals surface area contributed by atoms with Crippen molar-refractivity contribution in [2.24, 2.45) is 5.73 Å². The summed E-state index contributed by atoms with van der Waals surface area (Å²) in [7, 11) is 0. The first-order valence-electron chi connectivity index (χ1n) is 9.90. The zero-order chi connectivity index (χ0) is 25.7. The van der Waals surface area contributed by atoms with Gasteiger partial charge in [-0.1, -0.05) is 41.9 Å². The van der Waals surface area contributed by atoms with Crippen LogP contribution in [-0.2, 0) is 25.6 Å². The lowest BCUT2D eigenvalue weighted by Gasteiger charge is -2.25. The van der Waals surface area contributed by atoms with Crippen LogP contribution in [-0.4, -0.2) is 75.4 Å². The summed E-state index contributed by atoms with van der Waals surface area (Å²) in [4.78, 5) is 38.8. The molecule has 11 nitrogen and oxygen atoms in total. The maximum absolute atomic E-state index is 9.10. The molecule has 0 bridgehead atoms. The van der Waals surface area contributed by atoms with E-state index in [0.29, 0.717) is 11.6 Å². The van der Waals surface area contributed by atoms with E-state index in [1.54, 1.807) is 0 Å². The third kappa shape index (κ3) is 10.3. The molecule has 2 aromatic carbocycles. The Morgan fingerprint density at radius 3 is 2.06 bits per heavy atom. The van der Waals surface area contributed by atoms with E-state index in [0.717, 1.165) is 31.8 Å². The first-order valence-corrected chi connectivity index (χ1v) is 10.3. The minimum Gasteiger partial charge on any atom is -0.484 e. The average Bonchev–Trinajstić information content (AvgIpc) is 2.94. The van der Waals surface area contributed by atoms with Crippen LogP contribution in [0.3, 0.4) is 0 Å². The van der Waals surface area contributed by atoms with Gasteiger partial charge in [-0.2, -0.15) is 0 Å². The normalized spacial score (nSPS) is 14.6. The highest BCUT2D eigenvalue weighted by Gasteiger charge is 2.24. The fraction of sp³-hybridized carbons (Fsp3) is 0.273. The molecule has 12 heteroatoms. The number of halogens is 1. The fourth-order valence-corrected chi connectivity index (χ4v) is 3.15. The second-order valence-electron chi connectivity index (χ2n) is 6.82. The Labute approximate surface area is 199 Å². The van der Waals surface area contributed by atoms with Crippen LogP contribution in [0.2, 0.25) is 5.02 Å². The molecule has 6 N–H and O–H groups in total. The van der Waals surface area contributed by atoms with Crippen molar-refractivity contribution < 1.29 is 44.3 Å². The Balaban J connectivity index is 0.000000401. The SMILES string of the molecule is NCCN1CCc2ccccc2C(Oc2cccc(Cl)c2)C1.O=C(O)C(=O)O.O=C(O)C(=O)O. The van der Waals surface area contributed by atoms with Gasteiger partial charge >= 0.3 is 23.9 Å². The summed E-state index contributed by atoms with van der Waals surface area (Å²) in [5.41, 5.74) is 8.35.